The first-order valence-electron chi connectivity index (χ1n) is 7.99. The normalized spacial score (nSPS) is 12.8. The van der Waals surface area contributed by atoms with Crippen LogP contribution in [-0.2, 0) is 9.59 Å². The Morgan fingerprint density at radius 1 is 0.962 bits per heavy atom. The number of nitrogens with one attached hydrogen (secondary N) is 1. The molecule has 3 rings (SSSR count). The number of anilines is 2. The first-order chi connectivity index (χ1) is 12.4. The third-order valence-corrected chi connectivity index (χ3v) is 4.02. The molecule has 2 aromatic rings. The highest BCUT2D eigenvalue weighted by Gasteiger charge is 2.36. The van der Waals surface area contributed by atoms with Crippen molar-refractivity contribution in [3.8, 4) is 0 Å². The van der Waals surface area contributed by atoms with Crippen molar-refractivity contribution in [3.63, 3.8) is 0 Å². The topological polar surface area (TPSA) is 86.8 Å². The number of imide groups is 1. The summed E-state index contributed by atoms with van der Waals surface area (Å²) in [4.78, 5) is 50.8. The van der Waals surface area contributed by atoms with Gasteiger partial charge in [-0.15, -0.1) is 0 Å². The van der Waals surface area contributed by atoms with Gasteiger partial charge >= 0.3 is 0 Å². The quantitative estimate of drug-likeness (QED) is 0.856. The summed E-state index contributed by atoms with van der Waals surface area (Å²) in [5.41, 5.74) is 1.64. The number of benzene rings is 2. The van der Waals surface area contributed by atoms with Crippen LogP contribution < -0.4 is 10.2 Å². The van der Waals surface area contributed by atoms with Crippen molar-refractivity contribution in [2.24, 2.45) is 0 Å². The number of hydrogen-bond donors (Lipinski definition) is 1. The molecule has 1 aliphatic rings. The molecular weight excluding hydrogens is 334 g/mol. The zero-order valence-corrected chi connectivity index (χ0v) is 14.4. The Kier molecular flexibility index (Phi) is 4.53. The monoisotopic (exact) mass is 351 g/mol. The van der Waals surface area contributed by atoms with Gasteiger partial charge in [-0.1, -0.05) is 18.2 Å². The second-order valence-corrected chi connectivity index (χ2v) is 5.90. The van der Waals surface area contributed by atoms with E-state index in [4.69, 9.17) is 0 Å². The molecule has 0 aromatic heterocycles. The fourth-order valence-electron chi connectivity index (χ4n) is 2.83. The number of carbonyl (C=O) groups is 4. The van der Waals surface area contributed by atoms with Crippen LogP contribution in [0.15, 0.2) is 48.5 Å². The van der Waals surface area contributed by atoms with Gasteiger partial charge in [0.15, 0.2) is 0 Å². The van der Waals surface area contributed by atoms with Crippen molar-refractivity contribution in [3.05, 3.63) is 59.7 Å². The summed E-state index contributed by atoms with van der Waals surface area (Å²) < 4.78 is 0. The average molecular weight is 351 g/mol. The van der Waals surface area contributed by atoms with Gasteiger partial charge in [0.1, 0.15) is 6.67 Å². The Morgan fingerprint density at radius 3 is 2.12 bits per heavy atom. The molecule has 0 atom stereocenters. The minimum Gasteiger partial charge on any atom is -0.326 e. The maximum absolute atomic E-state index is 12.5. The van der Waals surface area contributed by atoms with Crippen LogP contribution in [0, 0.1) is 0 Å². The molecule has 7 heteroatoms. The average Bonchev–Trinajstić information content (AvgIpc) is 2.83. The van der Waals surface area contributed by atoms with E-state index in [1.807, 2.05) is 0 Å². The molecule has 1 N–H and O–H groups in total. The van der Waals surface area contributed by atoms with Crippen LogP contribution in [-0.4, -0.2) is 35.2 Å². The van der Waals surface area contributed by atoms with Gasteiger partial charge in [0.2, 0.25) is 11.8 Å². The van der Waals surface area contributed by atoms with Crippen LogP contribution in [0.25, 0.3) is 0 Å². The van der Waals surface area contributed by atoms with E-state index in [2.05, 4.69) is 5.32 Å². The van der Waals surface area contributed by atoms with Gasteiger partial charge in [-0.25, -0.2) is 0 Å². The van der Waals surface area contributed by atoms with Gasteiger partial charge in [0.05, 0.1) is 11.1 Å². The summed E-state index contributed by atoms with van der Waals surface area (Å²) in [7, 11) is 0. The van der Waals surface area contributed by atoms with Gasteiger partial charge in [-0.2, -0.15) is 0 Å². The number of hydrogen-bond acceptors (Lipinski definition) is 4. The van der Waals surface area contributed by atoms with Gasteiger partial charge < -0.3 is 5.32 Å². The highest BCUT2D eigenvalue weighted by molar-refractivity contribution is 6.21. The third kappa shape index (κ3) is 3.19. The highest BCUT2D eigenvalue weighted by atomic mass is 16.2. The standard InChI is InChI=1S/C19H17N3O4/c1-12(23)20-14-6-5-7-15(10-14)21(13(2)24)11-22-18(25)16-8-3-4-9-17(16)19(22)26/h3-10H,11H2,1-2H3,(H,20,23). The second kappa shape index (κ2) is 6.79. The van der Waals surface area contributed by atoms with E-state index in [0.717, 1.165) is 4.90 Å². The number of amides is 4. The lowest BCUT2D eigenvalue weighted by Crippen LogP contribution is -2.43. The summed E-state index contributed by atoms with van der Waals surface area (Å²) in [5.74, 6) is -1.44. The van der Waals surface area contributed by atoms with E-state index in [1.54, 1.807) is 48.5 Å². The predicted molar refractivity (Wildman–Crippen MR) is 95.7 cm³/mol. The Hall–Kier alpha value is -3.48. The molecule has 0 spiro atoms. The fraction of sp³-hybridized carbons (Fsp3) is 0.158. The van der Waals surface area contributed by atoms with E-state index in [9.17, 15) is 19.2 Å². The van der Waals surface area contributed by atoms with Crippen molar-refractivity contribution >= 4 is 35.0 Å². The lowest BCUT2D eigenvalue weighted by atomic mass is 10.1. The first-order valence-corrected chi connectivity index (χ1v) is 7.99. The molecule has 0 fully saturated rings. The molecule has 0 saturated heterocycles. The van der Waals surface area contributed by atoms with Gasteiger partial charge in [0.25, 0.3) is 11.8 Å². The molecule has 0 bridgehead atoms. The van der Waals surface area contributed by atoms with E-state index >= 15 is 0 Å². The molecule has 0 radical (unpaired) electrons. The van der Waals surface area contributed by atoms with Gasteiger partial charge in [-0.05, 0) is 30.3 Å². The smallest absolute Gasteiger partial charge is 0.263 e. The summed E-state index contributed by atoms with van der Waals surface area (Å²) in [5, 5.41) is 2.64. The van der Waals surface area contributed by atoms with Crippen LogP contribution >= 0.6 is 0 Å². The van der Waals surface area contributed by atoms with Gasteiger partial charge in [0, 0.05) is 25.2 Å². The molecule has 26 heavy (non-hydrogen) atoms. The van der Waals surface area contributed by atoms with E-state index in [-0.39, 0.29) is 18.5 Å². The second-order valence-electron chi connectivity index (χ2n) is 5.90. The summed E-state index contributed by atoms with van der Waals surface area (Å²) in [6.45, 7) is 2.53. The Bertz CT molecular complexity index is 888. The van der Waals surface area contributed by atoms with Crippen LogP contribution in [0.2, 0.25) is 0 Å². The maximum atomic E-state index is 12.5. The largest absolute Gasteiger partial charge is 0.326 e. The van der Waals surface area contributed by atoms with Crippen LogP contribution in [0.3, 0.4) is 0 Å². The summed E-state index contributed by atoms with van der Waals surface area (Å²) >= 11 is 0. The lowest BCUT2D eigenvalue weighted by Gasteiger charge is -2.26. The number of fused-ring (bicyclic) bond motifs is 1. The van der Waals surface area contributed by atoms with Crippen molar-refractivity contribution in [2.75, 3.05) is 16.9 Å². The third-order valence-electron chi connectivity index (χ3n) is 4.02. The molecule has 1 heterocycles. The molecule has 7 nitrogen and oxygen atoms in total. The Labute approximate surface area is 150 Å². The maximum Gasteiger partial charge on any atom is 0.263 e. The van der Waals surface area contributed by atoms with E-state index in [0.29, 0.717) is 22.5 Å². The Balaban J connectivity index is 1.89. The van der Waals surface area contributed by atoms with E-state index < -0.39 is 11.8 Å². The molecule has 4 amide bonds. The molecule has 0 aliphatic carbocycles. The van der Waals surface area contributed by atoms with E-state index in [1.165, 1.54) is 18.7 Å². The van der Waals surface area contributed by atoms with Crippen LogP contribution in [0.4, 0.5) is 11.4 Å². The fourth-order valence-corrected chi connectivity index (χ4v) is 2.83. The molecule has 2 aromatic carbocycles. The Morgan fingerprint density at radius 2 is 1.58 bits per heavy atom. The van der Waals surface area contributed by atoms with Crippen molar-refractivity contribution in [2.45, 2.75) is 13.8 Å². The summed E-state index contributed by atoms with van der Waals surface area (Å²) in [6, 6.07) is 13.2. The van der Waals surface area contributed by atoms with Crippen LogP contribution in [0.1, 0.15) is 34.6 Å². The highest BCUT2D eigenvalue weighted by Crippen LogP contribution is 2.25. The first kappa shape index (κ1) is 17.3. The summed E-state index contributed by atoms with van der Waals surface area (Å²) in [6.07, 6.45) is 0. The lowest BCUT2D eigenvalue weighted by molar-refractivity contribution is -0.117. The molecule has 1 aliphatic heterocycles. The van der Waals surface area contributed by atoms with Gasteiger partial charge in [-0.3, -0.25) is 29.0 Å². The number of nitrogens with zero attached hydrogens (tertiary/aromatic N) is 2. The molecule has 0 unspecified atom stereocenters. The molecular formula is C19H17N3O4. The van der Waals surface area contributed by atoms with Crippen LogP contribution in [0.5, 0.6) is 0 Å². The number of rotatable bonds is 4. The predicted octanol–water partition coefficient (Wildman–Crippen LogP) is 2.25. The number of carbonyl (C=O) groups excluding carboxylic acids is 4. The zero-order valence-electron chi connectivity index (χ0n) is 14.4. The van der Waals surface area contributed by atoms with Crippen molar-refractivity contribution in [1.29, 1.82) is 0 Å². The molecule has 132 valence electrons. The van der Waals surface area contributed by atoms with Crippen molar-refractivity contribution < 1.29 is 19.2 Å². The minimum absolute atomic E-state index is 0.203. The zero-order chi connectivity index (χ0) is 18.8. The SMILES string of the molecule is CC(=O)Nc1cccc(N(CN2C(=O)c3ccccc3C2=O)C(C)=O)c1. The molecule has 0 saturated carbocycles. The van der Waals surface area contributed by atoms with Crippen molar-refractivity contribution in [1.82, 2.24) is 4.90 Å². The minimum atomic E-state index is -0.435.